The number of nitriles is 1. The Balaban J connectivity index is 1.91. The summed E-state index contributed by atoms with van der Waals surface area (Å²) in [6.07, 6.45) is -0.561. The maximum absolute atomic E-state index is 13.8. The van der Waals surface area contributed by atoms with Crippen molar-refractivity contribution in [3.05, 3.63) is 63.9 Å². The van der Waals surface area contributed by atoms with Crippen LogP contribution in [0.2, 0.25) is 0 Å². The zero-order chi connectivity index (χ0) is 22.7. The highest BCUT2D eigenvalue weighted by Crippen LogP contribution is 2.51. The lowest BCUT2D eigenvalue weighted by atomic mass is 9.83. The number of alkyl halides is 3. The molecular formula is C23H20F3N3O2. The summed E-state index contributed by atoms with van der Waals surface area (Å²) in [6.45, 7) is 4.70. The van der Waals surface area contributed by atoms with Gasteiger partial charge in [-0.05, 0) is 36.1 Å². The van der Waals surface area contributed by atoms with Gasteiger partial charge in [-0.25, -0.2) is 0 Å². The summed E-state index contributed by atoms with van der Waals surface area (Å²) in [5.41, 5.74) is 0.385. The number of hydrogen-bond acceptors (Lipinski definition) is 4. The Morgan fingerprint density at radius 1 is 1.16 bits per heavy atom. The lowest BCUT2D eigenvalue weighted by molar-refractivity contribution is -0.141. The standard InChI is InChI=1S/C23H20F3N3O2/c1-22(2)16-8-4-6-13-7-5-11-29(19(13)16)17(22)10-9-14-18(23(24,25)26)15(12-27)21(31)28(3)20(14)30/h4,6,8-10H,5,7,11H2,1-3H3/b14-9-,17-10+. The van der Waals surface area contributed by atoms with Gasteiger partial charge in [0.05, 0.1) is 11.1 Å². The molecule has 8 heteroatoms. The molecule has 4 rings (SSSR count). The van der Waals surface area contributed by atoms with Crippen molar-refractivity contribution < 1.29 is 22.8 Å². The summed E-state index contributed by atoms with van der Waals surface area (Å²) in [5.74, 6) is -2.33. The molecule has 0 N–H and O–H groups in total. The Kier molecular flexibility index (Phi) is 4.61. The number of rotatable bonds is 1. The average Bonchev–Trinajstić information content (AvgIpc) is 2.93. The molecular weight excluding hydrogens is 407 g/mol. The molecule has 2 amide bonds. The summed E-state index contributed by atoms with van der Waals surface area (Å²) in [6, 6.07) is 7.38. The first-order valence-electron chi connectivity index (χ1n) is 9.86. The van der Waals surface area contributed by atoms with Gasteiger partial charge in [-0.1, -0.05) is 32.0 Å². The monoisotopic (exact) mass is 427 g/mol. The van der Waals surface area contributed by atoms with Crippen LogP contribution in [0.25, 0.3) is 0 Å². The Morgan fingerprint density at radius 2 is 1.87 bits per heavy atom. The number of para-hydroxylation sites is 1. The van der Waals surface area contributed by atoms with Crippen molar-refractivity contribution in [2.24, 2.45) is 0 Å². The van der Waals surface area contributed by atoms with Crippen LogP contribution in [0, 0.1) is 11.3 Å². The number of carbonyl (C=O) groups excluding carboxylic acids is 2. The van der Waals surface area contributed by atoms with Gasteiger partial charge in [-0.15, -0.1) is 0 Å². The molecule has 1 aromatic rings. The van der Waals surface area contributed by atoms with Crippen LogP contribution in [0.15, 0.2) is 52.8 Å². The van der Waals surface area contributed by atoms with Crippen molar-refractivity contribution in [1.82, 2.24) is 4.90 Å². The van der Waals surface area contributed by atoms with E-state index in [-0.39, 0.29) is 0 Å². The van der Waals surface area contributed by atoms with Crippen LogP contribution in [0.5, 0.6) is 0 Å². The van der Waals surface area contributed by atoms with Gasteiger partial charge in [0.25, 0.3) is 11.8 Å². The number of halogens is 3. The number of likely N-dealkylation sites (N-methyl/N-ethyl adjacent to an activating group) is 1. The maximum atomic E-state index is 13.8. The fourth-order valence-corrected chi connectivity index (χ4v) is 4.67. The minimum Gasteiger partial charge on any atom is -0.344 e. The Bertz CT molecular complexity index is 1150. The number of aryl methyl sites for hydroxylation is 1. The van der Waals surface area contributed by atoms with Crippen LogP contribution in [-0.4, -0.2) is 36.5 Å². The molecule has 0 spiro atoms. The first-order chi connectivity index (χ1) is 14.5. The summed E-state index contributed by atoms with van der Waals surface area (Å²) >= 11 is 0. The summed E-state index contributed by atoms with van der Waals surface area (Å²) in [7, 11) is 1.07. The van der Waals surface area contributed by atoms with E-state index in [1.54, 1.807) is 0 Å². The lowest BCUT2D eigenvalue weighted by Gasteiger charge is -2.30. The molecule has 0 saturated carbocycles. The van der Waals surface area contributed by atoms with Crippen LogP contribution < -0.4 is 4.90 Å². The molecule has 160 valence electrons. The Morgan fingerprint density at radius 3 is 2.52 bits per heavy atom. The van der Waals surface area contributed by atoms with E-state index in [1.807, 2.05) is 26.0 Å². The van der Waals surface area contributed by atoms with Crippen molar-refractivity contribution in [2.45, 2.75) is 38.3 Å². The predicted octanol–water partition coefficient (Wildman–Crippen LogP) is 3.92. The van der Waals surface area contributed by atoms with E-state index in [0.717, 1.165) is 49.5 Å². The lowest BCUT2D eigenvalue weighted by Crippen LogP contribution is -2.42. The highest BCUT2D eigenvalue weighted by Gasteiger charge is 2.48. The van der Waals surface area contributed by atoms with Gasteiger partial charge in [-0.3, -0.25) is 14.5 Å². The molecule has 3 aliphatic rings. The SMILES string of the molecule is CN1C(=O)C(C#N)=C(C(F)(F)F)/C(=C/C=C2/N3CCCc4cccc(c43)C2(C)C)C1=O. The van der Waals surface area contributed by atoms with E-state index < -0.39 is 40.1 Å². The van der Waals surface area contributed by atoms with E-state index in [0.29, 0.717) is 4.90 Å². The van der Waals surface area contributed by atoms with E-state index >= 15 is 0 Å². The minimum atomic E-state index is -5.02. The third kappa shape index (κ3) is 2.99. The smallest absolute Gasteiger partial charge is 0.344 e. The first kappa shape index (κ1) is 20.9. The van der Waals surface area contributed by atoms with Gasteiger partial charge in [0.15, 0.2) is 0 Å². The van der Waals surface area contributed by atoms with Crippen molar-refractivity contribution in [3.63, 3.8) is 0 Å². The normalized spacial score (nSPS) is 23.0. The third-order valence-electron chi connectivity index (χ3n) is 6.20. The highest BCUT2D eigenvalue weighted by molar-refractivity contribution is 6.18. The second kappa shape index (κ2) is 6.84. The minimum absolute atomic E-state index is 0.480. The van der Waals surface area contributed by atoms with E-state index in [1.165, 1.54) is 17.7 Å². The quantitative estimate of drug-likeness (QED) is 0.503. The van der Waals surface area contributed by atoms with Crippen molar-refractivity contribution in [3.8, 4) is 6.07 Å². The van der Waals surface area contributed by atoms with E-state index in [9.17, 15) is 28.0 Å². The molecule has 0 unspecified atom stereocenters. The number of benzene rings is 1. The average molecular weight is 427 g/mol. The van der Waals surface area contributed by atoms with Crippen molar-refractivity contribution in [1.29, 1.82) is 5.26 Å². The van der Waals surface area contributed by atoms with Crippen LogP contribution >= 0.6 is 0 Å². The third-order valence-corrected chi connectivity index (χ3v) is 6.20. The number of allylic oxidation sites excluding steroid dienone is 3. The number of hydrogen-bond donors (Lipinski definition) is 0. The van der Waals surface area contributed by atoms with Crippen LogP contribution in [0.1, 0.15) is 31.4 Å². The molecule has 0 fully saturated rings. The number of nitrogens with zero attached hydrogens (tertiary/aromatic N) is 3. The van der Waals surface area contributed by atoms with Gasteiger partial charge < -0.3 is 4.90 Å². The summed E-state index contributed by atoms with van der Waals surface area (Å²) < 4.78 is 41.3. The van der Waals surface area contributed by atoms with Gasteiger partial charge in [0, 0.05) is 30.4 Å². The van der Waals surface area contributed by atoms with Crippen LogP contribution in [-0.2, 0) is 21.4 Å². The molecule has 3 aliphatic heterocycles. The fraction of sp³-hybridized carbons (Fsp3) is 0.348. The molecule has 0 bridgehead atoms. The number of amides is 2. The molecule has 5 nitrogen and oxygen atoms in total. The van der Waals surface area contributed by atoms with Crippen LogP contribution in [0.4, 0.5) is 18.9 Å². The second-order valence-corrected chi connectivity index (χ2v) is 8.35. The molecule has 3 heterocycles. The largest absolute Gasteiger partial charge is 0.418 e. The van der Waals surface area contributed by atoms with Gasteiger partial charge >= 0.3 is 6.18 Å². The van der Waals surface area contributed by atoms with Gasteiger partial charge in [-0.2, -0.15) is 18.4 Å². The summed E-state index contributed by atoms with van der Waals surface area (Å²) in [4.78, 5) is 27.3. The first-order valence-corrected chi connectivity index (χ1v) is 9.86. The van der Waals surface area contributed by atoms with Crippen molar-refractivity contribution >= 4 is 17.5 Å². The molecule has 0 aromatic heterocycles. The zero-order valence-corrected chi connectivity index (χ0v) is 17.3. The Labute approximate surface area is 177 Å². The fourth-order valence-electron chi connectivity index (χ4n) is 4.67. The number of imide groups is 1. The van der Waals surface area contributed by atoms with Crippen molar-refractivity contribution in [2.75, 3.05) is 18.5 Å². The maximum Gasteiger partial charge on any atom is 0.418 e. The molecule has 0 aliphatic carbocycles. The van der Waals surface area contributed by atoms with E-state index in [2.05, 4.69) is 11.0 Å². The molecule has 0 saturated heterocycles. The zero-order valence-electron chi connectivity index (χ0n) is 17.3. The van der Waals surface area contributed by atoms with Crippen LogP contribution in [0.3, 0.4) is 0 Å². The second-order valence-electron chi connectivity index (χ2n) is 8.35. The Hall–Kier alpha value is -3.34. The van der Waals surface area contributed by atoms with Gasteiger partial charge in [0.2, 0.25) is 0 Å². The topological polar surface area (TPSA) is 64.4 Å². The number of carbonyl (C=O) groups is 2. The molecule has 0 atom stereocenters. The van der Waals surface area contributed by atoms with E-state index in [4.69, 9.17) is 0 Å². The molecule has 31 heavy (non-hydrogen) atoms. The predicted molar refractivity (Wildman–Crippen MR) is 108 cm³/mol. The number of anilines is 1. The molecule has 1 aromatic carbocycles. The van der Waals surface area contributed by atoms with Gasteiger partial charge in [0.1, 0.15) is 11.6 Å². The molecule has 0 radical (unpaired) electrons. The highest BCUT2D eigenvalue weighted by atomic mass is 19.4. The summed E-state index contributed by atoms with van der Waals surface area (Å²) in [5, 5.41) is 9.20.